The van der Waals surface area contributed by atoms with E-state index in [0.717, 1.165) is 51.3 Å². The minimum absolute atomic E-state index is 0.0250. The van der Waals surface area contributed by atoms with Gasteiger partial charge in [0, 0.05) is 28.8 Å². The maximum absolute atomic E-state index is 6.97. The molecule has 56 heavy (non-hydrogen) atoms. The third-order valence-corrected chi connectivity index (χ3v) is 12.7. The van der Waals surface area contributed by atoms with Gasteiger partial charge in [-0.15, -0.1) is 0 Å². The van der Waals surface area contributed by atoms with Gasteiger partial charge in [-0.1, -0.05) is 83.7 Å². The summed E-state index contributed by atoms with van der Waals surface area (Å²) in [6.07, 6.45) is 8.27. The predicted octanol–water partition coefficient (Wildman–Crippen LogP) is 13.6. The van der Waals surface area contributed by atoms with Gasteiger partial charge >= 0.3 is 0 Å². The minimum atomic E-state index is -0.231. The van der Waals surface area contributed by atoms with Crippen LogP contribution in [0.2, 0.25) is 0 Å². The van der Waals surface area contributed by atoms with Crippen LogP contribution in [0.15, 0.2) is 84.0 Å². The molecule has 5 aromatic rings. The van der Waals surface area contributed by atoms with Gasteiger partial charge in [-0.2, -0.15) is 0 Å². The van der Waals surface area contributed by atoms with E-state index in [1.165, 1.54) is 76.6 Å². The number of aryl methyl sites for hydroxylation is 5. The van der Waals surface area contributed by atoms with Crippen LogP contribution in [0, 0.1) is 40.5 Å². The fourth-order valence-electron chi connectivity index (χ4n) is 9.90. The lowest BCUT2D eigenvalue weighted by Crippen LogP contribution is -2.35. The number of anilines is 3. The minimum Gasteiger partial charge on any atom is -0.475 e. The number of aliphatic imine (C=N–C) groups is 1. The van der Waals surface area contributed by atoms with Crippen LogP contribution in [0.5, 0.6) is 11.5 Å². The second-order valence-electron chi connectivity index (χ2n) is 18.8. The lowest BCUT2D eigenvalue weighted by Gasteiger charge is -2.42. The lowest BCUT2D eigenvalue weighted by molar-refractivity contribution is 0.170. The zero-order valence-electron chi connectivity index (χ0n) is 35.5. The maximum atomic E-state index is 6.97. The molecule has 5 nitrogen and oxygen atoms in total. The van der Waals surface area contributed by atoms with Gasteiger partial charge < -0.3 is 9.47 Å². The highest BCUT2D eigenvalue weighted by Crippen LogP contribution is 2.53. The van der Waals surface area contributed by atoms with E-state index >= 15 is 0 Å². The maximum Gasteiger partial charge on any atom is 0.216 e. The molecule has 1 aromatic heterocycles. The van der Waals surface area contributed by atoms with E-state index in [9.17, 15) is 0 Å². The predicted molar refractivity (Wildman–Crippen MR) is 233 cm³/mol. The molecule has 0 radical (unpaired) electrons. The first kappa shape index (κ1) is 38.0. The molecule has 290 valence electrons. The van der Waals surface area contributed by atoms with Gasteiger partial charge in [-0.25, -0.2) is 9.98 Å². The number of benzene rings is 4. The van der Waals surface area contributed by atoms with Crippen LogP contribution in [-0.2, 0) is 15.6 Å². The summed E-state index contributed by atoms with van der Waals surface area (Å²) in [4.78, 5) is 12.8. The van der Waals surface area contributed by atoms with Crippen LogP contribution in [0.3, 0.4) is 0 Å². The van der Waals surface area contributed by atoms with Crippen molar-refractivity contribution in [2.45, 2.75) is 125 Å². The molecule has 0 amide bonds. The number of hydrogen-bond acceptors (Lipinski definition) is 5. The molecule has 3 heterocycles. The quantitative estimate of drug-likeness (QED) is 0.174. The molecule has 0 spiro atoms. The summed E-state index contributed by atoms with van der Waals surface area (Å²) in [6, 6.07) is 26.7. The molecule has 1 atom stereocenters. The zero-order valence-corrected chi connectivity index (χ0v) is 35.5. The van der Waals surface area contributed by atoms with Gasteiger partial charge in [0.2, 0.25) is 5.90 Å². The summed E-state index contributed by atoms with van der Waals surface area (Å²) < 4.78 is 13.5. The normalized spacial score (nSPS) is 19.3. The molecule has 0 N–H and O–H groups in total. The number of aromatic nitrogens is 1. The number of nitrogens with zero attached hydrogens (tertiary/aromatic N) is 3. The van der Waals surface area contributed by atoms with E-state index in [4.69, 9.17) is 19.5 Å². The van der Waals surface area contributed by atoms with E-state index in [0.29, 0.717) is 12.5 Å². The van der Waals surface area contributed by atoms with Crippen LogP contribution >= 0.6 is 0 Å². The summed E-state index contributed by atoms with van der Waals surface area (Å²) in [5.74, 6) is 3.77. The number of ether oxygens (including phenoxy) is 2. The van der Waals surface area contributed by atoms with Crippen molar-refractivity contribution in [2.24, 2.45) is 10.9 Å². The summed E-state index contributed by atoms with van der Waals surface area (Å²) in [7, 11) is 0. The van der Waals surface area contributed by atoms with Gasteiger partial charge in [0.15, 0.2) is 0 Å². The molecule has 5 heteroatoms. The Kier molecular flexibility index (Phi) is 9.45. The van der Waals surface area contributed by atoms with E-state index in [-0.39, 0.29) is 16.4 Å². The average molecular weight is 746 g/mol. The van der Waals surface area contributed by atoms with Crippen molar-refractivity contribution in [3.63, 3.8) is 0 Å². The van der Waals surface area contributed by atoms with E-state index in [1.807, 2.05) is 6.20 Å². The van der Waals surface area contributed by atoms with Crippen LogP contribution in [0.4, 0.5) is 17.2 Å². The molecular weight excluding hydrogens is 687 g/mol. The molecule has 3 aliphatic rings. The van der Waals surface area contributed by atoms with Gasteiger partial charge in [-0.3, -0.25) is 4.90 Å². The Labute approximate surface area is 335 Å². The first-order valence-corrected chi connectivity index (χ1v) is 20.7. The van der Waals surface area contributed by atoms with Crippen molar-refractivity contribution >= 4 is 23.1 Å². The van der Waals surface area contributed by atoms with Gasteiger partial charge in [0.25, 0.3) is 0 Å². The van der Waals surface area contributed by atoms with Crippen molar-refractivity contribution in [1.29, 1.82) is 0 Å². The lowest BCUT2D eigenvalue weighted by atomic mass is 9.71. The van der Waals surface area contributed by atoms with Gasteiger partial charge in [0.05, 0.1) is 16.9 Å². The average Bonchev–Trinajstić information content (AvgIpc) is 3.54. The first-order valence-electron chi connectivity index (χ1n) is 20.7. The number of fused-ring (bicyclic) bond motifs is 2. The second-order valence-corrected chi connectivity index (χ2v) is 18.8. The largest absolute Gasteiger partial charge is 0.475 e. The molecule has 1 saturated carbocycles. The van der Waals surface area contributed by atoms with Crippen molar-refractivity contribution in [1.82, 2.24) is 4.98 Å². The van der Waals surface area contributed by atoms with E-state index in [1.54, 1.807) is 0 Å². The summed E-state index contributed by atoms with van der Waals surface area (Å²) in [5.41, 5.74) is 15.0. The molecule has 0 saturated heterocycles. The Balaban J connectivity index is 1.24. The first-order chi connectivity index (χ1) is 26.5. The molecule has 0 bridgehead atoms. The van der Waals surface area contributed by atoms with E-state index in [2.05, 4.69) is 154 Å². The van der Waals surface area contributed by atoms with Gasteiger partial charge in [0.1, 0.15) is 23.9 Å². The molecular formula is C51H59N3O2. The highest BCUT2D eigenvalue weighted by atomic mass is 16.5. The van der Waals surface area contributed by atoms with E-state index < -0.39 is 0 Å². The Bertz CT molecular complexity index is 2350. The zero-order chi connectivity index (χ0) is 39.7. The van der Waals surface area contributed by atoms with Crippen molar-refractivity contribution in [3.8, 4) is 22.6 Å². The standard InChI is InChI=1S/C51H59N3O2/c1-31-21-34(4)45(35(5)22-31)36-25-37(48-53-51(11,30-55-48)38-15-13-12-14-16-38)27-42(26-36)56-41-24-32(2)23-40(29-41)54-44-18-17-39(49(6,7)8)28-43(44)50(9,10)46-33(3)19-20-52-47(46)54/h17-29,38H,12-16,30H2,1-11H3/t51-/m0/s1. The Morgan fingerprint density at radius 3 is 2.12 bits per heavy atom. The molecule has 1 aliphatic carbocycles. The second kappa shape index (κ2) is 13.9. The molecule has 8 rings (SSSR count). The Morgan fingerprint density at radius 1 is 0.732 bits per heavy atom. The van der Waals surface area contributed by atoms with Gasteiger partial charge in [-0.05, 0) is 153 Å². The van der Waals surface area contributed by atoms with Crippen molar-refractivity contribution in [2.75, 3.05) is 11.5 Å². The van der Waals surface area contributed by atoms with Crippen molar-refractivity contribution < 1.29 is 9.47 Å². The highest BCUT2D eigenvalue weighted by molar-refractivity contribution is 5.97. The smallest absolute Gasteiger partial charge is 0.216 e. The van der Waals surface area contributed by atoms with Crippen LogP contribution < -0.4 is 9.64 Å². The molecule has 2 aliphatic heterocycles. The number of rotatable bonds is 6. The Hall–Kier alpha value is -4.90. The van der Waals surface area contributed by atoms with Crippen molar-refractivity contribution in [3.05, 3.63) is 129 Å². The summed E-state index contributed by atoms with van der Waals surface area (Å²) in [5, 5.41) is 0. The number of hydrogen-bond donors (Lipinski definition) is 0. The SMILES string of the molecule is Cc1cc(Oc2cc(C3=N[C@](C)(C4CCCCC4)CO3)cc(-c3c(C)cc(C)cc3C)c2)cc(N2c3ccc(C(C)(C)C)cc3C(C)(C)c3c(C)ccnc32)c1. The highest BCUT2D eigenvalue weighted by Gasteiger charge is 2.41. The Morgan fingerprint density at radius 2 is 1.41 bits per heavy atom. The third kappa shape index (κ3) is 6.82. The van der Waals surface area contributed by atoms with Crippen LogP contribution in [0.1, 0.15) is 124 Å². The fraction of sp³-hybridized carbons (Fsp3) is 0.412. The monoisotopic (exact) mass is 745 g/mol. The molecule has 0 unspecified atom stereocenters. The topological polar surface area (TPSA) is 47.0 Å². The summed E-state index contributed by atoms with van der Waals surface area (Å²) >= 11 is 0. The number of pyridine rings is 1. The summed E-state index contributed by atoms with van der Waals surface area (Å²) in [6.45, 7) is 25.4. The molecule has 1 fully saturated rings. The van der Waals surface area contributed by atoms with Crippen LogP contribution in [-0.4, -0.2) is 23.0 Å². The van der Waals surface area contributed by atoms with Crippen LogP contribution in [0.25, 0.3) is 11.1 Å². The fourth-order valence-corrected chi connectivity index (χ4v) is 9.90. The third-order valence-electron chi connectivity index (χ3n) is 12.7. The molecule has 4 aromatic carbocycles.